The summed E-state index contributed by atoms with van der Waals surface area (Å²) in [7, 11) is 1.74. The molecule has 1 saturated heterocycles. The van der Waals surface area contributed by atoms with E-state index in [0.717, 1.165) is 69.1 Å². The Balaban J connectivity index is 1.61. The fraction of sp³-hybridized carbons (Fsp3) is 0.700. The lowest BCUT2D eigenvalue weighted by atomic mass is 9.86. The number of aromatic nitrogens is 2. The van der Waals surface area contributed by atoms with E-state index in [0.29, 0.717) is 6.42 Å². The Bertz CT molecular complexity index is 683. The van der Waals surface area contributed by atoms with Gasteiger partial charge in [-0.3, -0.25) is 9.59 Å². The van der Waals surface area contributed by atoms with Crippen molar-refractivity contribution in [3.05, 3.63) is 17.5 Å². The third-order valence-electron chi connectivity index (χ3n) is 5.74. The topological polar surface area (TPSA) is 69.6 Å². The summed E-state index contributed by atoms with van der Waals surface area (Å²) in [5, 5.41) is 0. The molecule has 148 valence electrons. The van der Waals surface area contributed by atoms with E-state index in [2.05, 4.69) is 23.7 Å². The van der Waals surface area contributed by atoms with Crippen LogP contribution in [0.5, 0.6) is 0 Å². The molecular formula is C20H31N5O2. The molecule has 7 heteroatoms. The summed E-state index contributed by atoms with van der Waals surface area (Å²) in [4.78, 5) is 40.0. The van der Waals surface area contributed by atoms with E-state index < -0.39 is 0 Å². The summed E-state index contributed by atoms with van der Waals surface area (Å²) in [6.07, 6.45) is 6.25. The molecule has 3 rings (SSSR count). The second kappa shape index (κ2) is 8.67. The Morgan fingerprint density at radius 1 is 1.22 bits per heavy atom. The predicted octanol–water partition coefficient (Wildman–Crippen LogP) is 1.51. The second-order valence-corrected chi connectivity index (χ2v) is 7.54. The Labute approximate surface area is 161 Å². The highest BCUT2D eigenvalue weighted by Crippen LogP contribution is 2.26. The average molecular weight is 374 g/mol. The van der Waals surface area contributed by atoms with Crippen LogP contribution in [-0.2, 0) is 22.4 Å². The normalized spacial score (nSPS) is 18.9. The summed E-state index contributed by atoms with van der Waals surface area (Å²) in [5.41, 5.74) is 2.13. The van der Waals surface area contributed by atoms with Crippen molar-refractivity contribution in [1.82, 2.24) is 19.8 Å². The van der Waals surface area contributed by atoms with Crippen LogP contribution < -0.4 is 4.90 Å². The van der Waals surface area contributed by atoms with Crippen LogP contribution in [-0.4, -0.2) is 71.4 Å². The number of hydrogen-bond donors (Lipinski definition) is 0. The van der Waals surface area contributed by atoms with Crippen molar-refractivity contribution in [2.75, 3.05) is 44.7 Å². The first-order chi connectivity index (χ1) is 13.0. The number of likely N-dealkylation sites (N-methyl/N-ethyl adjacent to an activating group) is 1. The number of fused-ring (bicyclic) bond motifs is 1. The number of anilines is 1. The molecule has 27 heavy (non-hydrogen) atoms. The molecule has 2 amide bonds. The van der Waals surface area contributed by atoms with Crippen molar-refractivity contribution in [3.8, 4) is 0 Å². The van der Waals surface area contributed by atoms with E-state index >= 15 is 0 Å². The molecule has 0 radical (unpaired) electrons. The van der Waals surface area contributed by atoms with Crippen molar-refractivity contribution < 1.29 is 9.59 Å². The number of hydrogen-bond acceptors (Lipinski definition) is 5. The Hall–Kier alpha value is -2.18. The SMILES string of the molecule is CCN(CC)c1ncc2c(n1)CC[C@H](C(=O)N(C)CC(=O)N1CCCC1)C2. The van der Waals surface area contributed by atoms with Gasteiger partial charge in [0.2, 0.25) is 17.8 Å². The second-order valence-electron chi connectivity index (χ2n) is 7.54. The van der Waals surface area contributed by atoms with E-state index in [1.54, 1.807) is 11.9 Å². The molecule has 1 fully saturated rings. The van der Waals surface area contributed by atoms with Crippen LogP contribution in [0.15, 0.2) is 6.20 Å². The van der Waals surface area contributed by atoms with Crippen LogP contribution in [0.3, 0.4) is 0 Å². The van der Waals surface area contributed by atoms with Gasteiger partial charge in [0.05, 0.1) is 6.54 Å². The third kappa shape index (κ3) is 4.39. The average Bonchev–Trinajstić information content (AvgIpc) is 3.23. The van der Waals surface area contributed by atoms with Gasteiger partial charge in [0, 0.05) is 51.0 Å². The fourth-order valence-electron chi connectivity index (χ4n) is 4.03. The predicted molar refractivity (Wildman–Crippen MR) is 105 cm³/mol. The Morgan fingerprint density at radius 3 is 2.59 bits per heavy atom. The van der Waals surface area contributed by atoms with Crippen LogP contribution in [0, 0.1) is 5.92 Å². The number of amides is 2. The summed E-state index contributed by atoms with van der Waals surface area (Å²) >= 11 is 0. The Kier molecular flexibility index (Phi) is 6.29. The number of aryl methyl sites for hydroxylation is 1. The number of carbonyl (C=O) groups excluding carboxylic acids is 2. The lowest BCUT2D eigenvalue weighted by molar-refractivity contribution is -0.141. The van der Waals surface area contributed by atoms with Gasteiger partial charge in [0.1, 0.15) is 0 Å². The van der Waals surface area contributed by atoms with E-state index in [1.807, 2.05) is 11.1 Å². The van der Waals surface area contributed by atoms with Crippen LogP contribution >= 0.6 is 0 Å². The monoisotopic (exact) mass is 373 g/mol. The highest BCUT2D eigenvalue weighted by atomic mass is 16.2. The van der Waals surface area contributed by atoms with Gasteiger partial charge in [-0.1, -0.05) is 0 Å². The number of likely N-dealkylation sites (tertiary alicyclic amines) is 1. The number of carbonyl (C=O) groups is 2. The quantitative estimate of drug-likeness (QED) is 0.756. The van der Waals surface area contributed by atoms with Gasteiger partial charge < -0.3 is 14.7 Å². The first kappa shape index (κ1) is 19.6. The zero-order valence-electron chi connectivity index (χ0n) is 16.8. The molecule has 0 saturated carbocycles. The fourth-order valence-corrected chi connectivity index (χ4v) is 4.03. The maximum absolute atomic E-state index is 12.8. The van der Waals surface area contributed by atoms with Crippen molar-refractivity contribution >= 4 is 17.8 Å². The molecule has 1 aromatic heterocycles. The molecule has 1 aliphatic heterocycles. The van der Waals surface area contributed by atoms with Crippen molar-refractivity contribution in [2.45, 2.75) is 46.0 Å². The van der Waals surface area contributed by atoms with Crippen LogP contribution in [0.1, 0.15) is 44.4 Å². The van der Waals surface area contributed by atoms with E-state index in [1.165, 1.54) is 0 Å². The van der Waals surface area contributed by atoms with E-state index in [-0.39, 0.29) is 24.3 Å². The molecule has 0 unspecified atom stereocenters. The summed E-state index contributed by atoms with van der Waals surface area (Å²) in [6.45, 7) is 7.78. The molecule has 2 aliphatic rings. The van der Waals surface area contributed by atoms with Gasteiger partial charge in [-0.2, -0.15) is 0 Å². The smallest absolute Gasteiger partial charge is 0.242 e. The van der Waals surface area contributed by atoms with Crippen molar-refractivity contribution in [2.24, 2.45) is 5.92 Å². The van der Waals surface area contributed by atoms with Crippen LogP contribution in [0.25, 0.3) is 0 Å². The van der Waals surface area contributed by atoms with Crippen LogP contribution in [0.4, 0.5) is 5.95 Å². The molecule has 1 aliphatic carbocycles. The highest BCUT2D eigenvalue weighted by molar-refractivity contribution is 5.86. The highest BCUT2D eigenvalue weighted by Gasteiger charge is 2.30. The maximum atomic E-state index is 12.8. The third-order valence-corrected chi connectivity index (χ3v) is 5.74. The minimum absolute atomic E-state index is 0.0565. The molecule has 1 aromatic rings. The van der Waals surface area contributed by atoms with E-state index in [4.69, 9.17) is 4.98 Å². The van der Waals surface area contributed by atoms with Gasteiger partial charge in [-0.25, -0.2) is 9.97 Å². The minimum atomic E-state index is -0.0863. The number of rotatable bonds is 6. The number of nitrogens with zero attached hydrogens (tertiary/aromatic N) is 5. The van der Waals surface area contributed by atoms with Gasteiger partial charge in [-0.05, 0) is 51.5 Å². The molecule has 0 N–H and O–H groups in total. The van der Waals surface area contributed by atoms with Gasteiger partial charge in [0.15, 0.2) is 0 Å². The molecule has 0 spiro atoms. The Morgan fingerprint density at radius 2 is 1.93 bits per heavy atom. The zero-order chi connectivity index (χ0) is 19.4. The van der Waals surface area contributed by atoms with Gasteiger partial charge >= 0.3 is 0 Å². The molecular weight excluding hydrogens is 342 g/mol. The standard InChI is InChI=1S/C20H31N5O2/c1-4-24(5-2)20-21-13-16-12-15(8-9-17(16)22-20)19(27)23(3)14-18(26)25-10-6-7-11-25/h13,15H,4-12,14H2,1-3H3/t15-/m0/s1. The molecule has 0 aromatic carbocycles. The largest absolute Gasteiger partial charge is 0.341 e. The summed E-state index contributed by atoms with van der Waals surface area (Å²) in [5.74, 6) is 0.807. The first-order valence-electron chi connectivity index (χ1n) is 10.2. The first-order valence-corrected chi connectivity index (χ1v) is 10.2. The van der Waals surface area contributed by atoms with Gasteiger partial charge in [-0.15, -0.1) is 0 Å². The molecule has 2 heterocycles. The lowest BCUT2D eigenvalue weighted by Crippen LogP contribution is -2.43. The van der Waals surface area contributed by atoms with Crippen molar-refractivity contribution in [3.63, 3.8) is 0 Å². The van der Waals surface area contributed by atoms with Crippen LogP contribution in [0.2, 0.25) is 0 Å². The molecule has 7 nitrogen and oxygen atoms in total. The maximum Gasteiger partial charge on any atom is 0.242 e. The molecule has 0 bridgehead atoms. The molecule has 1 atom stereocenters. The lowest BCUT2D eigenvalue weighted by Gasteiger charge is -2.29. The summed E-state index contributed by atoms with van der Waals surface area (Å²) < 4.78 is 0. The van der Waals surface area contributed by atoms with Crippen molar-refractivity contribution in [1.29, 1.82) is 0 Å². The van der Waals surface area contributed by atoms with E-state index in [9.17, 15) is 9.59 Å². The zero-order valence-corrected chi connectivity index (χ0v) is 16.8. The van der Waals surface area contributed by atoms with Gasteiger partial charge in [0.25, 0.3) is 0 Å². The summed E-state index contributed by atoms with van der Waals surface area (Å²) in [6, 6.07) is 0. The minimum Gasteiger partial charge on any atom is -0.341 e.